The summed E-state index contributed by atoms with van der Waals surface area (Å²) in [7, 11) is 0. The van der Waals surface area contributed by atoms with Gasteiger partial charge in [-0.25, -0.2) is 0 Å². The van der Waals surface area contributed by atoms with E-state index in [9.17, 15) is 4.79 Å². The first kappa shape index (κ1) is 15.1. The fourth-order valence-corrected chi connectivity index (χ4v) is 3.65. The molecule has 3 rings (SSSR count). The van der Waals surface area contributed by atoms with Gasteiger partial charge >= 0.3 is 0 Å². The van der Waals surface area contributed by atoms with Gasteiger partial charge in [-0.05, 0) is 44.2 Å². The standard InChI is InChI=1S/C20H25NO/c1-15-8-6-7-11-18(15)14-19-12-13-21(20(19)22)16(2)17-9-4-3-5-10-17/h3-9,11,16-17,19H,10,12-14H2,1-2H3/t16-,17?,19-/m1/s1. The molecule has 1 aromatic rings. The van der Waals surface area contributed by atoms with E-state index in [4.69, 9.17) is 0 Å². The molecular weight excluding hydrogens is 270 g/mol. The van der Waals surface area contributed by atoms with Crippen LogP contribution in [0.25, 0.3) is 0 Å². The molecule has 2 nitrogen and oxygen atoms in total. The zero-order chi connectivity index (χ0) is 15.5. The predicted octanol–water partition coefficient (Wildman–Crippen LogP) is 3.91. The molecule has 0 bridgehead atoms. The molecule has 2 aliphatic rings. The van der Waals surface area contributed by atoms with Crippen LogP contribution < -0.4 is 0 Å². The summed E-state index contributed by atoms with van der Waals surface area (Å²) in [6.07, 6.45) is 11.6. The van der Waals surface area contributed by atoms with Gasteiger partial charge in [0.15, 0.2) is 0 Å². The number of nitrogens with zero attached hydrogens (tertiary/aromatic N) is 1. The van der Waals surface area contributed by atoms with Crippen LogP contribution in [0.1, 0.15) is 30.9 Å². The highest BCUT2D eigenvalue weighted by Gasteiger charge is 2.36. The van der Waals surface area contributed by atoms with E-state index in [1.54, 1.807) is 0 Å². The smallest absolute Gasteiger partial charge is 0.226 e. The number of rotatable bonds is 4. The van der Waals surface area contributed by atoms with Crippen LogP contribution in [0.15, 0.2) is 48.6 Å². The molecule has 1 aliphatic carbocycles. The number of aryl methyl sites for hydroxylation is 1. The number of hydrogen-bond donors (Lipinski definition) is 0. The Bertz CT molecular complexity index is 601. The third-order valence-electron chi connectivity index (χ3n) is 5.20. The topological polar surface area (TPSA) is 20.3 Å². The van der Waals surface area contributed by atoms with Crippen LogP contribution >= 0.6 is 0 Å². The van der Waals surface area contributed by atoms with Crippen molar-refractivity contribution in [3.8, 4) is 0 Å². The summed E-state index contributed by atoms with van der Waals surface area (Å²) in [6, 6.07) is 8.72. The van der Waals surface area contributed by atoms with Crippen LogP contribution in [0.3, 0.4) is 0 Å². The molecule has 0 saturated carbocycles. The normalized spacial score (nSPS) is 25.7. The summed E-state index contributed by atoms with van der Waals surface area (Å²) < 4.78 is 0. The van der Waals surface area contributed by atoms with E-state index in [2.05, 4.69) is 67.3 Å². The van der Waals surface area contributed by atoms with Gasteiger partial charge in [0.1, 0.15) is 0 Å². The van der Waals surface area contributed by atoms with Gasteiger partial charge < -0.3 is 4.90 Å². The maximum absolute atomic E-state index is 12.8. The summed E-state index contributed by atoms with van der Waals surface area (Å²) in [5.41, 5.74) is 2.61. The quantitative estimate of drug-likeness (QED) is 0.825. The van der Waals surface area contributed by atoms with E-state index < -0.39 is 0 Å². The Morgan fingerprint density at radius 1 is 1.27 bits per heavy atom. The Hall–Kier alpha value is -1.83. The summed E-state index contributed by atoms with van der Waals surface area (Å²) in [4.78, 5) is 14.9. The molecule has 1 aromatic carbocycles. The lowest BCUT2D eigenvalue weighted by Gasteiger charge is -2.31. The first-order valence-corrected chi connectivity index (χ1v) is 8.35. The fourth-order valence-electron chi connectivity index (χ4n) is 3.65. The first-order chi connectivity index (χ1) is 10.7. The van der Waals surface area contributed by atoms with Gasteiger partial charge in [0.25, 0.3) is 0 Å². The minimum atomic E-state index is 0.159. The number of benzene rings is 1. The number of allylic oxidation sites excluding steroid dienone is 3. The number of amides is 1. The summed E-state index contributed by atoms with van der Waals surface area (Å²) in [5, 5.41) is 0. The van der Waals surface area contributed by atoms with Crippen molar-refractivity contribution >= 4 is 5.91 Å². The second-order valence-corrected chi connectivity index (χ2v) is 6.60. The monoisotopic (exact) mass is 295 g/mol. The van der Waals surface area contributed by atoms with E-state index in [0.717, 1.165) is 25.8 Å². The summed E-state index contributed by atoms with van der Waals surface area (Å²) in [6.45, 7) is 5.24. The molecular formula is C20H25NO. The molecule has 0 radical (unpaired) electrons. The number of hydrogen-bond acceptors (Lipinski definition) is 1. The third kappa shape index (κ3) is 3.01. The van der Waals surface area contributed by atoms with E-state index >= 15 is 0 Å². The molecule has 1 heterocycles. The average molecular weight is 295 g/mol. The highest BCUT2D eigenvalue weighted by molar-refractivity contribution is 5.81. The van der Waals surface area contributed by atoms with Crippen LogP contribution in [0.5, 0.6) is 0 Å². The van der Waals surface area contributed by atoms with Gasteiger partial charge in [0, 0.05) is 24.4 Å². The highest BCUT2D eigenvalue weighted by Crippen LogP contribution is 2.29. The number of carbonyl (C=O) groups is 1. The average Bonchev–Trinajstić information content (AvgIpc) is 2.91. The summed E-state index contributed by atoms with van der Waals surface area (Å²) >= 11 is 0. The molecule has 1 unspecified atom stereocenters. The van der Waals surface area contributed by atoms with Crippen LogP contribution in [0.4, 0.5) is 0 Å². The zero-order valence-electron chi connectivity index (χ0n) is 13.5. The molecule has 0 N–H and O–H groups in total. The van der Waals surface area contributed by atoms with Crippen molar-refractivity contribution in [2.24, 2.45) is 11.8 Å². The molecule has 116 valence electrons. The minimum absolute atomic E-state index is 0.159. The highest BCUT2D eigenvalue weighted by atomic mass is 16.2. The number of carbonyl (C=O) groups excluding carboxylic acids is 1. The Morgan fingerprint density at radius 3 is 2.82 bits per heavy atom. The van der Waals surface area contributed by atoms with Gasteiger partial charge in [-0.3, -0.25) is 4.79 Å². The third-order valence-corrected chi connectivity index (χ3v) is 5.20. The van der Waals surface area contributed by atoms with Crippen LogP contribution in [0, 0.1) is 18.8 Å². The molecule has 1 aliphatic heterocycles. The lowest BCUT2D eigenvalue weighted by atomic mass is 9.92. The first-order valence-electron chi connectivity index (χ1n) is 8.35. The van der Waals surface area contributed by atoms with Crippen molar-refractivity contribution in [1.82, 2.24) is 4.90 Å². The van der Waals surface area contributed by atoms with Crippen LogP contribution in [-0.2, 0) is 11.2 Å². The predicted molar refractivity (Wildman–Crippen MR) is 90.6 cm³/mol. The second-order valence-electron chi connectivity index (χ2n) is 6.60. The molecule has 0 aromatic heterocycles. The van der Waals surface area contributed by atoms with E-state index in [1.807, 2.05) is 0 Å². The van der Waals surface area contributed by atoms with Crippen LogP contribution in [0.2, 0.25) is 0 Å². The maximum Gasteiger partial charge on any atom is 0.226 e. The molecule has 3 atom stereocenters. The van der Waals surface area contributed by atoms with Crippen molar-refractivity contribution in [3.05, 3.63) is 59.7 Å². The van der Waals surface area contributed by atoms with Crippen LogP contribution in [-0.4, -0.2) is 23.4 Å². The van der Waals surface area contributed by atoms with Gasteiger partial charge in [-0.2, -0.15) is 0 Å². The molecule has 1 amide bonds. The Kier molecular flexibility index (Phi) is 4.47. The van der Waals surface area contributed by atoms with Gasteiger partial charge in [0.05, 0.1) is 0 Å². The summed E-state index contributed by atoms with van der Waals surface area (Å²) in [5.74, 6) is 0.969. The van der Waals surface area contributed by atoms with Crippen molar-refractivity contribution in [2.45, 2.75) is 39.2 Å². The van der Waals surface area contributed by atoms with Crippen molar-refractivity contribution in [3.63, 3.8) is 0 Å². The van der Waals surface area contributed by atoms with Gasteiger partial charge in [-0.1, -0.05) is 48.6 Å². The Morgan fingerprint density at radius 2 is 2.09 bits per heavy atom. The van der Waals surface area contributed by atoms with E-state index in [1.165, 1.54) is 11.1 Å². The maximum atomic E-state index is 12.8. The fraction of sp³-hybridized carbons (Fsp3) is 0.450. The molecule has 22 heavy (non-hydrogen) atoms. The molecule has 0 spiro atoms. The van der Waals surface area contributed by atoms with Gasteiger partial charge in [0.2, 0.25) is 5.91 Å². The minimum Gasteiger partial charge on any atom is -0.339 e. The largest absolute Gasteiger partial charge is 0.339 e. The second kappa shape index (κ2) is 6.51. The van der Waals surface area contributed by atoms with Crippen molar-refractivity contribution in [2.75, 3.05) is 6.54 Å². The van der Waals surface area contributed by atoms with Crippen molar-refractivity contribution < 1.29 is 4.79 Å². The Labute approximate surface area is 133 Å². The van der Waals surface area contributed by atoms with Crippen molar-refractivity contribution in [1.29, 1.82) is 0 Å². The van der Waals surface area contributed by atoms with E-state index in [0.29, 0.717) is 17.9 Å². The number of likely N-dealkylation sites (tertiary alicyclic amines) is 1. The lowest BCUT2D eigenvalue weighted by molar-refractivity contribution is -0.133. The van der Waals surface area contributed by atoms with E-state index in [-0.39, 0.29) is 5.92 Å². The molecule has 2 heteroatoms. The lowest BCUT2D eigenvalue weighted by Crippen LogP contribution is -2.40. The molecule has 1 saturated heterocycles. The zero-order valence-corrected chi connectivity index (χ0v) is 13.5. The van der Waals surface area contributed by atoms with Gasteiger partial charge in [-0.15, -0.1) is 0 Å². The SMILES string of the molecule is Cc1ccccc1C[C@H]1CCN([C@H](C)C2C=CC=CC2)C1=O. The molecule has 1 fully saturated rings. The Balaban J connectivity index is 1.66.